The molecule has 2 aliphatic heterocycles. The SMILES string of the molecule is C[CH2][Ge]1([CH2]C)[CH2]CC2(C[CH2]1)CC(=O)OC2=O. The second kappa shape index (κ2) is 4.17. The molecule has 2 heterocycles. The van der Waals surface area contributed by atoms with Gasteiger partial charge in [-0.15, -0.1) is 0 Å². The molecule has 0 N–H and O–H groups in total. The molecule has 16 heavy (non-hydrogen) atoms. The van der Waals surface area contributed by atoms with E-state index in [0.29, 0.717) is 6.42 Å². The summed E-state index contributed by atoms with van der Waals surface area (Å²) >= 11 is -1.62. The monoisotopic (exact) mass is 286 g/mol. The predicted octanol–water partition coefficient (Wildman–Crippen LogP) is 2.73. The molecule has 0 amide bonds. The first kappa shape index (κ1) is 12.1. The summed E-state index contributed by atoms with van der Waals surface area (Å²) in [5.41, 5.74) is -0.407. The van der Waals surface area contributed by atoms with Crippen molar-refractivity contribution in [2.45, 2.75) is 54.1 Å². The second-order valence-corrected chi connectivity index (χ2v) is 16.8. The molecule has 1 spiro atoms. The normalized spacial score (nSPS) is 27.1. The van der Waals surface area contributed by atoms with Crippen LogP contribution in [0.3, 0.4) is 0 Å². The summed E-state index contributed by atoms with van der Waals surface area (Å²) in [6.45, 7) is 4.61. The third kappa shape index (κ3) is 1.83. The summed E-state index contributed by atoms with van der Waals surface area (Å²) in [4.78, 5) is 22.9. The quantitative estimate of drug-likeness (QED) is 0.445. The Morgan fingerprint density at radius 1 is 1.19 bits per heavy atom. The Morgan fingerprint density at radius 3 is 2.12 bits per heavy atom. The number of esters is 2. The molecule has 3 nitrogen and oxygen atoms in total. The number of hydrogen-bond donors (Lipinski definition) is 0. The van der Waals surface area contributed by atoms with Crippen LogP contribution in [0.2, 0.25) is 21.0 Å². The van der Waals surface area contributed by atoms with Crippen LogP contribution in [-0.2, 0) is 14.3 Å². The van der Waals surface area contributed by atoms with Crippen LogP contribution in [0.1, 0.15) is 33.1 Å². The van der Waals surface area contributed by atoms with Crippen molar-refractivity contribution in [1.82, 2.24) is 0 Å². The standard InChI is InChI=1S/C12H20GeO3/c1-3-13(4-2)7-5-12(6-8-13)9-10(14)16-11(12)15/h3-9H2,1-2H3. The maximum atomic E-state index is 11.7. The van der Waals surface area contributed by atoms with Gasteiger partial charge in [0.1, 0.15) is 0 Å². The van der Waals surface area contributed by atoms with Gasteiger partial charge in [-0.25, -0.2) is 0 Å². The number of carbonyl (C=O) groups is 2. The van der Waals surface area contributed by atoms with Gasteiger partial charge in [-0.1, -0.05) is 0 Å². The molecule has 0 aromatic carbocycles. The Morgan fingerprint density at radius 2 is 1.75 bits per heavy atom. The van der Waals surface area contributed by atoms with E-state index < -0.39 is 18.7 Å². The molecule has 4 heteroatoms. The van der Waals surface area contributed by atoms with Gasteiger partial charge in [0, 0.05) is 0 Å². The summed E-state index contributed by atoms with van der Waals surface area (Å²) in [7, 11) is 0. The molecule has 0 aromatic rings. The van der Waals surface area contributed by atoms with E-state index in [0.717, 1.165) is 12.8 Å². The number of carbonyl (C=O) groups excluding carboxylic acids is 2. The van der Waals surface area contributed by atoms with Crippen molar-refractivity contribution in [3.63, 3.8) is 0 Å². The number of cyclic esters (lactones) is 2. The van der Waals surface area contributed by atoms with Crippen LogP contribution < -0.4 is 0 Å². The van der Waals surface area contributed by atoms with E-state index in [-0.39, 0.29) is 11.9 Å². The zero-order valence-corrected chi connectivity index (χ0v) is 12.3. The van der Waals surface area contributed by atoms with E-state index in [4.69, 9.17) is 4.74 Å². The van der Waals surface area contributed by atoms with Crippen LogP contribution in [0.25, 0.3) is 0 Å². The fourth-order valence-electron chi connectivity index (χ4n) is 3.19. The van der Waals surface area contributed by atoms with Crippen LogP contribution in [0.5, 0.6) is 0 Å². The molecule has 2 saturated heterocycles. The summed E-state index contributed by atoms with van der Waals surface area (Å²) < 4.78 is 4.73. The minimum absolute atomic E-state index is 0.235. The van der Waals surface area contributed by atoms with Gasteiger partial charge < -0.3 is 0 Å². The molecule has 2 aliphatic rings. The summed E-state index contributed by atoms with van der Waals surface area (Å²) in [6.07, 6.45) is 2.18. The summed E-state index contributed by atoms with van der Waals surface area (Å²) in [6, 6.07) is 0. The minimum atomic E-state index is -1.62. The third-order valence-corrected chi connectivity index (χ3v) is 16.7. The second-order valence-electron chi connectivity index (χ2n) is 5.43. The first-order valence-electron chi connectivity index (χ1n) is 6.31. The van der Waals surface area contributed by atoms with Crippen molar-refractivity contribution in [2.24, 2.45) is 5.41 Å². The topological polar surface area (TPSA) is 43.4 Å². The molecular weight excluding hydrogens is 265 g/mol. The molecule has 0 saturated carbocycles. The van der Waals surface area contributed by atoms with Gasteiger partial charge in [-0.2, -0.15) is 0 Å². The Kier molecular flexibility index (Phi) is 3.16. The van der Waals surface area contributed by atoms with Crippen molar-refractivity contribution in [3.8, 4) is 0 Å². The van der Waals surface area contributed by atoms with Gasteiger partial charge in [0.2, 0.25) is 0 Å². The van der Waals surface area contributed by atoms with Crippen LogP contribution in [-0.4, -0.2) is 25.2 Å². The van der Waals surface area contributed by atoms with Gasteiger partial charge in [0.15, 0.2) is 0 Å². The molecule has 2 rings (SSSR count). The molecule has 0 aromatic heterocycles. The molecule has 90 valence electrons. The van der Waals surface area contributed by atoms with Crippen molar-refractivity contribution < 1.29 is 14.3 Å². The zero-order valence-electron chi connectivity index (χ0n) is 10.2. The molecule has 0 bridgehead atoms. The van der Waals surface area contributed by atoms with Gasteiger partial charge in [-0.3, -0.25) is 0 Å². The molecule has 0 aliphatic carbocycles. The zero-order chi connectivity index (χ0) is 11.8. The van der Waals surface area contributed by atoms with Gasteiger partial charge in [-0.05, 0) is 0 Å². The first-order valence-corrected chi connectivity index (χ1v) is 12.2. The fraction of sp³-hybridized carbons (Fsp3) is 0.833. The molecule has 0 radical (unpaired) electrons. The average molecular weight is 285 g/mol. The van der Waals surface area contributed by atoms with Gasteiger partial charge in [0.05, 0.1) is 0 Å². The fourth-order valence-corrected chi connectivity index (χ4v) is 12.0. The Hall–Kier alpha value is -0.317. The summed E-state index contributed by atoms with van der Waals surface area (Å²) in [5.74, 6) is -0.543. The van der Waals surface area contributed by atoms with Crippen molar-refractivity contribution >= 4 is 25.2 Å². The average Bonchev–Trinajstić information content (AvgIpc) is 2.56. The van der Waals surface area contributed by atoms with E-state index in [2.05, 4.69) is 13.8 Å². The predicted molar refractivity (Wildman–Crippen MR) is 63.7 cm³/mol. The molecule has 0 atom stereocenters. The number of hydrogen-bond acceptors (Lipinski definition) is 3. The third-order valence-electron chi connectivity index (χ3n) is 4.89. The summed E-state index contributed by atoms with van der Waals surface area (Å²) in [5, 5.41) is 5.20. The maximum absolute atomic E-state index is 11.7. The van der Waals surface area contributed by atoms with Crippen molar-refractivity contribution in [2.75, 3.05) is 0 Å². The van der Waals surface area contributed by atoms with E-state index in [1.807, 2.05) is 0 Å². The van der Waals surface area contributed by atoms with Crippen LogP contribution in [0, 0.1) is 5.41 Å². The van der Waals surface area contributed by atoms with Crippen LogP contribution >= 0.6 is 0 Å². The molecule has 0 unspecified atom stereocenters. The van der Waals surface area contributed by atoms with E-state index in [1.165, 1.54) is 21.0 Å². The van der Waals surface area contributed by atoms with Crippen molar-refractivity contribution in [1.29, 1.82) is 0 Å². The van der Waals surface area contributed by atoms with E-state index in [1.54, 1.807) is 0 Å². The first-order chi connectivity index (χ1) is 7.56. The van der Waals surface area contributed by atoms with Crippen LogP contribution in [0.15, 0.2) is 0 Å². The van der Waals surface area contributed by atoms with Crippen molar-refractivity contribution in [3.05, 3.63) is 0 Å². The van der Waals surface area contributed by atoms with E-state index >= 15 is 0 Å². The van der Waals surface area contributed by atoms with E-state index in [9.17, 15) is 9.59 Å². The number of rotatable bonds is 2. The van der Waals surface area contributed by atoms with Gasteiger partial charge >= 0.3 is 99.1 Å². The number of ether oxygens (including phenoxy) is 1. The Balaban J connectivity index is 2.09. The van der Waals surface area contributed by atoms with Crippen LogP contribution in [0.4, 0.5) is 0 Å². The molecular formula is C12H20GeO3. The Bertz CT molecular complexity index is 310. The molecule has 2 fully saturated rings. The van der Waals surface area contributed by atoms with Gasteiger partial charge in [0.25, 0.3) is 0 Å². The Labute approximate surface area is 99.3 Å².